The zero-order valence-electron chi connectivity index (χ0n) is 15.9. The third-order valence-electron chi connectivity index (χ3n) is 5.29. The van der Waals surface area contributed by atoms with Crippen LogP contribution in [0, 0.1) is 5.41 Å². The molecule has 0 aromatic carbocycles. The second kappa shape index (κ2) is 8.67. The second-order valence-corrected chi connectivity index (χ2v) is 15.2. The van der Waals surface area contributed by atoms with Gasteiger partial charge in [-0.15, -0.1) is 0 Å². The molecule has 0 N–H and O–H groups in total. The molecule has 0 aromatic rings. The summed E-state index contributed by atoms with van der Waals surface area (Å²) in [5.41, 5.74) is 3.32. The van der Waals surface area contributed by atoms with Crippen LogP contribution in [0.25, 0.3) is 0 Å². The molecule has 1 atom stereocenters. The van der Waals surface area contributed by atoms with Crippen molar-refractivity contribution in [1.29, 1.82) is 0 Å². The van der Waals surface area contributed by atoms with Crippen LogP contribution in [-0.4, -0.2) is 18.7 Å². The van der Waals surface area contributed by atoms with E-state index in [1.54, 1.807) is 14.6 Å². The minimum Gasteiger partial charge on any atom is -1.00 e. The van der Waals surface area contributed by atoms with Gasteiger partial charge in [-0.1, -0.05) is 0 Å². The molecule has 0 saturated carbocycles. The van der Waals surface area contributed by atoms with Crippen molar-refractivity contribution < 1.29 is 45.2 Å². The van der Waals surface area contributed by atoms with Crippen LogP contribution >= 0.6 is 11.8 Å². The SMILES string of the molecule is CSC1([Si](C)(C)C2=[C]([Ti+2])CC=C2)CC=C(C)C=C1C(C)(C)C.[Cl-].[Cl-]. The van der Waals surface area contributed by atoms with E-state index in [-0.39, 0.29) is 34.6 Å². The summed E-state index contributed by atoms with van der Waals surface area (Å²) < 4.78 is 1.88. The molecule has 24 heavy (non-hydrogen) atoms. The molecule has 0 bridgehead atoms. The van der Waals surface area contributed by atoms with Crippen molar-refractivity contribution in [3.8, 4) is 0 Å². The third kappa shape index (κ3) is 4.21. The van der Waals surface area contributed by atoms with Gasteiger partial charge in [-0.05, 0) is 0 Å². The molecule has 1 unspecified atom stereocenters. The predicted molar refractivity (Wildman–Crippen MR) is 100 cm³/mol. The van der Waals surface area contributed by atoms with E-state index in [9.17, 15) is 0 Å². The Kier molecular flexibility index (Phi) is 8.97. The first kappa shape index (κ1) is 24.8. The molecule has 0 aliphatic heterocycles. The zero-order valence-corrected chi connectivity index (χ0v) is 20.8. The maximum absolute atomic E-state index is 2.59. The molecule has 0 nitrogen and oxygen atoms in total. The number of rotatable bonds is 3. The fourth-order valence-electron chi connectivity index (χ4n) is 3.99. The van der Waals surface area contributed by atoms with Gasteiger partial charge >= 0.3 is 154 Å². The molecule has 0 spiro atoms. The van der Waals surface area contributed by atoms with E-state index < -0.39 is 8.07 Å². The van der Waals surface area contributed by atoms with E-state index in [4.69, 9.17) is 0 Å². The van der Waals surface area contributed by atoms with Gasteiger partial charge in [0.1, 0.15) is 0 Å². The van der Waals surface area contributed by atoms with E-state index in [2.05, 4.69) is 104 Å². The van der Waals surface area contributed by atoms with Crippen molar-refractivity contribution in [1.82, 2.24) is 0 Å². The molecule has 2 rings (SSSR count). The quantitative estimate of drug-likeness (QED) is 0.560. The Labute approximate surface area is 178 Å². The average molecular weight is 436 g/mol. The van der Waals surface area contributed by atoms with Gasteiger partial charge in [0, 0.05) is 0 Å². The minimum absolute atomic E-state index is 0. The van der Waals surface area contributed by atoms with Crippen LogP contribution in [0.3, 0.4) is 0 Å². The van der Waals surface area contributed by atoms with Crippen LogP contribution in [0.1, 0.15) is 40.5 Å². The Bertz CT molecular complexity index is 597. The Morgan fingerprint density at radius 3 is 2.21 bits per heavy atom. The first-order valence-electron chi connectivity index (χ1n) is 8.12. The average Bonchev–Trinajstić information content (AvgIpc) is 2.84. The first-order chi connectivity index (χ1) is 10.1. The molecule has 0 amide bonds. The smallest absolute Gasteiger partial charge is 1.00 e. The maximum atomic E-state index is 2.59. The van der Waals surface area contributed by atoms with Gasteiger partial charge in [0.05, 0.1) is 0 Å². The standard InChI is InChI=1S/C19H29SSi.2ClH.Ti/c1-15-12-13-19(20-5,17(14-15)18(2,3)4)21(6,7)16-10-8-9-11-16;;;/h8,10,12,14H,9,13H2,1-7H3;2*1H;/q;;;+2/p-2. The Morgan fingerprint density at radius 1 is 1.21 bits per heavy atom. The summed E-state index contributed by atoms with van der Waals surface area (Å²) >= 11 is 4.44. The zero-order chi connectivity index (χ0) is 16.8. The van der Waals surface area contributed by atoms with Crippen molar-refractivity contribution in [3.05, 3.63) is 44.5 Å². The molecule has 0 fully saturated rings. The number of halogens is 2. The largest absolute Gasteiger partial charge is 1.00 e. The van der Waals surface area contributed by atoms with Gasteiger partial charge in [0.15, 0.2) is 0 Å². The first-order valence-corrected chi connectivity index (χ1v) is 13.1. The fraction of sp³-hybridized carbons (Fsp3) is 0.579. The van der Waals surface area contributed by atoms with Gasteiger partial charge in [0.2, 0.25) is 0 Å². The number of hydrogen-bond acceptors (Lipinski definition) is 1. The molecular formula is C19H29Cl2SSiTi. The summed E-state index contributed by atoms with van der Waals surface area (Å²) in [6.07, 6.45) is 14.4. The molecular weight excluding hydrogens is 407 g/mol. The summed E-state index contributed by atoms with van der Waals surface area (Å²) in [7, 11) is -1.64. The van der Waals surface area contributed by atoms with Crippen molar-refractivity contribution in [2.24, 2.45) is 5.41 Å². The summed E-state index contributed by atoms with van der Waals surface area (Å²) in [6.45, 7) is 14.6. The van der Waals surface area contributed by atoms with E-state index in [1.807, 2.05) is 0 Å². The molecule has 2 aliphatic rings. The number of allylic oxidation sites excluding steroid dienone is 7. The van der Waals surface area contributed by atoms with Gasteiger partial charge < -0.3 is 24.8 Å². The van der Waals surface area contributed by atoms with Crippen LogP contribution in [0.2, 0.25) is 13.1 Å². The van der Waals surface area contributed by atoms with Gasteiger partial charge in [0.25, 0.3) is 0 Å². The Balaban J connectivity index is 0.00000264. The second-order valence-electron chi connectivity index (χ2n) is 8.12. The van der Waals surface area contributed by atoms with Gasteiger partial charge in [-0.3, -0.25) is 0 Å². The van der Waals surface area contributed by atoms with E-state index >= 15 is 0 Å². The number of hydrogen-bond donors (Lipinski definition) is 0. The van der Waals surface area contributed by atoms with Crippen molar-refractivity contribution >= 4 is 19.8 Å². The molecule has 0 aromatic heterocycles. The summed E-state index contributed by atoms with van der Waals surface area (Å²) in [5.74, 6) is 0. The van der Waals surface area contributed by atoms with Crippen LogP contribution in [0.15, 0.2) is 44.5 Å². The van der Waals surface area contributed by atoms with Crippen molar-refractivity contribution in [2.75, 3.05) is 6.26 Å². The van der Waals surface area contributed by atoms with Crippen LogP contribution in [-0.2, 0) is 20.4 Å². The summed E-state index contributed by atoms with van der Waals surface area (Å²) in [5, 5.41) is 1.69. The van der Waals surface area contributed by atoms with E-state index in [1.165, 1.54) is 12.0 Å². The number of thioether (sulfide) groups is 1. The van der Waals surface area contributed by atoms with Crippen LogP contribution in [0.4, 0.5) is 0 Å². The molecule has 2 aliphatic carbocycles. The Hall–Kier alpha value is 0.821. The fourth-order valence-corrected chi connectivity index (χ4v) is 12.5. The molecule has 5 heteroatoms. The van der Waals surface area contributed by atoms with Crippen LogP contribution < -0.4 is 24.8 Å². The topological polar surface area (TPSA) is 0 Å². The van der Waals surface area contributed by atoms with Crippen molar-refractivity contribution in [2.45, 2.75) is 58.0 Å². The Morgan fingerprint density at radius 2 is 1.79 bits per heavy atom. The predicted octanol–water partition coefficient (Wildman–Crippen LogP) is -0.0337. The molecule has 0 radical (unpaired) electrons. The summed E-state index contributed by atoms with van der Waals surface area (Å²) in [6, 6.07) is 0. The van der Waals surface area contributed by atoms with Crippen molar-refractivity contribution in [3.63, 3.8) is 0 Å². The van der Waals surface area contributed by atoms with Crippen LogP contribution in [0.5, 0.6) is 0 Å². The minimum atomic E-state index is -1.64. The van der Waals surface area contributed by atoms with E-state index in [0.29, 0.717) is 0 Å². The molecule has 0 heterocycles. The maximum Gasteiger partial charge on any atom is -1.00 e. The monoisotopic (exact) mass is 435 g/mol. The molecule has 133 valence electrons. The van der Waals surface area contributed by atoms with Gasteiger partial charge in [-0.2, -0.15) is 0 Å². The van der Waals surface area contributed by atoms with E-state index in [0.717, 1.165) is 6.42 Å². The van der Waals surface area contributed by atoms with Gasteiger partial charge in [-0.25, -0.2) is 0 Å². The third-order valence-corrected chi connectivity index (χ3v) is 14.0. The summed E-state index contributed by atoms with van der Waals surface area (Å²) in [4.78, 5) is 0. The molecule has 0 saturated heterocycles. The normalized spacial score (nSPS) is 24.2.